The Morgan fingerprint density at radius 1 is 1.41 bits per heavy atom. The molecule has 0 aliphatic carbocycles. The first-order valence-electron chi connectivity index (χ1n) is 5.43. The van der Waals surface area contributed by atoms with Crippen molar-refractivity contribution in [3.05, 3.63) is 0 Å². The third-order valence-electron chi connectivity index (χ3n) is 1.94. The van der Waals surface area contributed by atoms with Gasteiger partial charge in [0.05, 0.1) is 12.7 Å². The summed E-state index contributed by atoms with van der Waals surface area (Å²) in [7, 11) is 0. The SMILES string of the molecule is CCO[C@H](OC(C)CO)[C@@H](NC(C)=O)C(O)O. The molecule has 0 aromatic carbocycles. The number of carbonyl (C=O) groups is 1. The molecular weight excluding hydrogens is 230 g/mol. The van der Waals surface area contributed by atoms with Crippen molar-refractivity contribution >= 4 is 5.91 Å². The molecule has 0 radical (unpaired) electrons. The minimum absolute atomic E-state index is 0.238. The predicted molar refractivity (Wildman–Crippen MR) is 58.9 cm³/mol. The highest BCUT2D eigenvalue weighted by Crippen LogP contribution is 2.08. The van der Waals surface area contributed by atoms with Gasteiger partial charge in [-0.3, -0.25) is 4.79 Å². The van der Waals surface area contributed by atoms with E-state index in [4.69, 9.17) is 24.8 Å². The Labute approximate surface area is 100 Å². The van der Waals surface area contributed by atoms with E-state index in [0.29, 0.717) is 0 Å². The van der Waals surface area contributed by atoms with Gasteiger partial charge in [0, 0.05) is 13.5 Å². The van der Waals surface area contributed by atoms with Gasteiger partial charge in [-0.1, -0.05) is 0 Å². The number of hydrogen-bond acceptors (Lipinski definition) is 6. The Balaban J connectivity index is 4.63. The molecule has 0 heterocycles. The molecule has 7 heteroatoms. The lowest BCUT2D eigenvalue weighted by atomic mass is 10.2. The summed E-state index contributed by atoms with van der Waals surface area (Å²) in [5.41, 5.74) is 0. The number of ether oxygens (including phenoxy) is 2. The van der Waals surface area contributed by atoms with Gasteiger partial charge in [-0.2, -0.15) is 0 Å². The molecule has 0 saturated heterocycles. The predicted octanol–water partition coefficient (Wildman–Crippen LogP) is -1.44. The first-order valence-corrected chi connectivity index (χ1v) is 5.43. The molecule has 0 rings (SSSR count). The van der Waals surface area contributed by atoms with Crippen LogP contribution in [-0.4, -0.2) is 59.2 Å². The average Bonchev–Trinajstić information content (AvgIpc) is 2.24. The second kappa shape index (κ2) is 8.37. The topological polar surface area (TPSA) is 108 Å². The second-order valence-corrected chi connectivity index (χ2v) is 3.59. The molecule has 1 unspecified atom stereocenters. The summed E-state index contributed by atoms with van der Waals surface area (Å²) in [5, 5.41) is 29.5. The molecule has 4 N–H and O–H groups in total. The number of amides is 1. The summed E-state index contributed by atoms with van der Waals surface area (Å²) in [6.45, 7) is 4.58. The summed E-state index contributed by atoms with van der Waals surface area (Å²) in [6.07, 6.45) is -3.39. The van der Waals surface area contributed by atoms with Crippen LogP contribution in [0.25, 0.3) is 0 Å². The van der Waals surface area contributed by atoms with Gasteiger partial charge in [-0.25, -0.2) is 0 Å². The molecule has 0 aliphatic heterocycles. The lowest BCUT2D eigenvalue weighted by Crippen LogP contribution is -2.53. The maximum absolute atomic E-state index is 10.9. The third-order valence-corrected chi connectivity index (χ3v) is 1.94. The van der Waals surface area contributed by atoms with Crippen LogP contribution in [0.2, 0.25) is 0 Å². The zero-order valence-corrected chi connectivity index (χ0v) is 10.3. The van der Waals surface area contributed by atoms with Crippen LogP contribution in [-0.2, 0) is 14.3 Å². The number of carbonyl (C=O) groups excluding carboxylic acids is 1. The zero-order valence-electron chi connectivity index (χ0n) is 10.3. The van der Waals surface area contributed by atoms with Crippen LogP contribution in [0.15, 0.2) is 0 Å². The number of aliphatic hydroxyl groups excluding tert-OH is 2. The van der Waals surface area contributed by atoms with Crippen molar-refractivity contribution in [3.63, 3.8) is 0 Å². The van der Waals surface area contributed by atoms with Gasteiger partial charge in [0.25, 0.3) is 0 Å². The number of rotatable bonds is 8. The Bertz CT molecular complexity index is 223. The number of aliphatic hydroxyl groups is 3. The standard InChI is InChI=1S/C10H21NO6/c1-4-16-10(17-6(2)5-12)8(9(14)15)11-7(3)13/h6,8-10,12,14-15H,4-5H2,1-3H3,(H,11,13)/t6?,8-,10+/m0/s1. The molecule has 7 nitrogen and oxygen atoms in total. The molecule has 0 aromatic rings. The van der Waals surface area contributed by atoms with E-state index in [-0.39, 0.29) is 13.2 Å². The first kappa shape index (κ1) is 16.3. The largest absolute Gasteiger partial charge is 0.394 e. The van der Waals surface area contributed by atoms with Crippen molar-refractivity contribution in [2.45, 2.75) is 45.5 Å². The summed E-state index contributed by atoms with van der Waals surface area (Å²) in [5.74, 6) is -0.437. The summed E-state index contributed by atoms with van der Waals surface area (Å²) in [6, 6.07) is -1.11. The highest BCUT2D eigenvalue weighted by atomic mass is 16.7. The Morgan fingerprint density at radius 3 is 2.35 bits per heavy atom. The van der Waals surface area contributed by atoms with Crippen LogP contribution < -0.4 is 5.32 Å². The van der Waals surface area contributed by atoms with E-state index >= 15 is 0 Å². The maximum Gasteiger partial charge on any atom is 0.217 e. The van der Waals surface area contributed by atoms with Gasteiger partial charge in [0.15, 0.2) is 12.6 Å². The quantitative estimate of drug-likeness (QED) is 0.394. The normalized spacial score (nSPS) is 16.6. The van der Waals surface area contributed by atoms with E-state index in [1.54, 1.807) is 13.8 Å². The van der Waals surface area contributed by atoms with E-state index in [0.717, 1.165) is 0 Å². The first-order chi connectivity index (χ1) is 7.92. The highest BCUT2D eigenvalue weighted by Gasteiger charge is 2.30. The molecule has 0 saturated carbocycles. The van der Waals surface area contributed by atoms with Gasteiger partial charge < -0.3 is 30.1 Å². The van der Waals surface area contributed by atoms with Crippen molar-refractivity contribution in [3.8, 4) is 0 Å². The fourth-order valence-electron chi connectivity index (χ4n) is 1.18. The van der Waals surface area contributed by atoms with Crippen LogP contribution in [0.5, 0.6) is 0 Å². The lowest BCUT2D eigenvalue weighted by molar-refractivity contribution is -0.222. The molecular formula is C10H21NO6. The van der Waals surface area contributed by atoms with Crippen molar-refractivity contribution in [1.29, 1.82) is 0 Å². The third kappa shape index (κ3) is 6.54. The second-order valence-electron chi connectivity index (χ2n) is 3.59. The van der Waals surface area contributed by atoms with Crippen LogP contribution in [0.4, 0.5) is 0 Å². The van der Waals surface area contributed by atoms with Gasteiger partial charge in [-0.05, 0) is 13.8 Å². The van der Waals surface area contributed by atoms with Gasteiger partial charge in [0.1, 0.15) is 6.04 Å². The molecule has 0 aliphatic rings. The van der Waals surface area contributed by atoms with Gasteiger partial charge in [-0.15, -0.1) is 0 Å². The monoisotopic (exact) mass is 251 g/mol. The fourth-order valence-corrected chi connectivity index (χ4v) is 1.18. The minimum atomic E-state index is -1.82. The summed E-state index contributed by atoms with van der Waals surface area (Å²) < 4.78 is 10.4. The van der Waals surface area contributed by atoms with E-state index in [2.05, 4.69) is 5.32 Å². The Morgan fingerprint density at radius 2 is 2.00 bits per heavy atom. The summed E-state index contributed by atoms with van der Waals surface area (Å²) in [4.78, 5) is 10.9. The molecule has 3 atom stereocenters. The molecule has 0 aromatic heterocycles. The lowest BCUT2D eigenvalue weighted by Gasteiger charge is -2.30. The molecule has 102 valence electrons. The minimum Gasteiger partial charge on any atom is -0.394 e. The van der Waals surface area contributed by atoms with E-state index in [1.165, 1.54) is 6.92 Å². The number of nitrogens with one attached hydrogen (secondary N) is 1. The fraction of sp³-hybridized carbons (Fsp3) is 0.900. The zero-order chi connectivity index (χ0) is 13.4. The van der Waals surface area contributed by atoms with E-state index < -0.39 is 30.6 Å². The van der Waals surface area contributed by atoms with E-state index in [1.807, 2.05) is 0 Å². The Hall–Kier alpha value is -0.730. The van der Waals surface area contributed by atoms with Crippen LogP contribution in [0, 0.1) is 0 Å². The van der Waals surface area contributed by atoms with Crippen molar-refractivity contribution in [2.24, 2.45) is 0 Å². The molecule has 0 fully saturated rings. The Kier molecular flexibility index (Phi) is 8.01. The number of hydrogen-bond donors (Lipinski definition) is 4. The van der Waals surface area contributed by atoms with E-state index in [9.17, 15) is 4.79 Å². The maximum atomic E-state index is 10.9. The smallest absolute Gasteiger partial charge is 0.217 e. The van der Waals surface area contributed by atoms with Gasteiger partial charge >= 0.3 is 0 Å². The summed E-state index contributed by atoms with van der Waals surface area (Å²) >= 11 is 0. The van der Waals surface area contributed by atoms with Crippen LogP contribution >= 0.6 is 0 Å². The van der Waals surface area contributed by atoms with Crippen LogP contribution in [0.1, 0.15) is 20.8 Å². The van der Waals surface area contributed by atoms with Gasteiger partial charge in [0.2, 0.25) is 5.91 Å². The molecule has 0 bridgehead atoms. The van der Waals surface area contributed by atoms with Crippen molar-refractivity contribution in [2.75, 3.05) is 13.2 Å². The molecule has 0 spiro atoms. The average molecular weight is 251 g/mol. The van der Waals surface area contributed by atoms with Crippen molar-refractivity contribution < 1.29 is 29.6 Å². The highest BCUT2D eigenvalue weighted by molar-refractivity contribution is 5.73. The molecule has 1 amide bonds. The molecule has 17 heavy (non-hydrogen) atoms. The van der Waals surface area contributed by atoms with Crippen LogP contribution in [0.3, 0.4) is 0 Å². The van der Waals surface area contributed by atoms with Crippen molar-refractivity contribution in [1.82, 2.24) is 5.32 Å².